The number of fused-ring (bicyclic) bond motifs is 1. The predicted octanol–water partition coefficient (Wildman–Crippen LogP) is 1.56. The Labute approximate surface area is 86.7 Å². The van der Waals surface area contributed by atoms with Crippen LogP contribution in [0.25, 0.3) is 10.9 Å². The number of aromatic amines is 1. The van der Waals surface area contributed by atoms with Crippen LogP contribution in [0, 0.1) is 6.92 Å². The van der Waals surface area contributed by atoms with Crippen molar-refractivity contribution < 1.29 is 9.90 Å². The van der Waals surface area contributed by atoms with Crippen molar-refractivity contribution in [2.75, 3.05) is 0 Å². The van der Waals surface area contributed by atoms with Gasteiger partial charge in [0.05, 0.1) is 0 Å². The third-order valence-electron chi connectivity index (χ3n) is 2.40. The molecule has 4 heteroatoms. The Kier molecular flexibility index (Phi) is 2.21. The number of hydrogen-bond donors (Lipinski definition) is 3. The molecule has 15 heavy (non-hydrogen) atoms. The van der Waals surface area contributed by atoms with E-state index in [-0.39, 0.29) is 0 Å². The van der Waals surface area contributed by atoms with Gasteiger partial charge in [-0.25, -0.2) is 0 Å². The molecule has 1 atom stereocenters. The lowest BCUT2D eigenvalue weighted by molar-refractivity contribution is -0.138. The standard InChI is InChI=1S/C11H12N2O2/c1-6-2-3-8-7(4-6)5-9(13-8)10(12)11(14)15/h2-5,10,13H,12H2,1H3,(H,14,15). The molecule has 2 rings (SSSR count). The van der Waals surface area contributed by atoms with Crippen LogP contribution in [0.4, 0.5) is 0 Å². The summed E-state index contributed by atoms with van der Waals surface area (Å²) in [5.74, 6) is -1.03. The van der Waals surface area contributed by atoms with Gasteiger partial charge in [-0.2, -0.15) is 0 Å². The van der Waals surface area contributed by atoms with Gasteiger partial charge in [-0.3, -0.25) is 4.79 Å². The van der Waals surface area contributed by atoms with Crippen LogP contribution in [0.1, 0.15) is 17.3 Å². The molecule has 1 aromatic heterocycles. The van der Waals surface area contributed by atoms with Crippen molar-refractivity contribution in [1.82, 2.24) is 4.98 Å². The molecule has 1 aromatic carbocycles. The van der Waals surface area contributed by atoms with E-state index in [1.807, 2.05) is 25.1 Å². The summed E-state index contributed by atoms with van der Waals surface area (Å²) in [6.45, 7) is 1.99. The molecule has 0 aliphatic rings. The lowest BCUT2D eigenvalue weighted by Crippen LogP contribution is -2.20. The molecule has 0 aliphatic carbocycles. The van der Waals surface area contributed by atoms with Crippen molar-refractivity contribution in [3.05, 3.63) is 35.5 Å². The van der Waals surface area contributed by atoms with Gasteiger partial charge in [0.1, 0.15) is 6.04 Å². The van der Waals surface area contributed by atoms with Gasteiger partial charge in [0.2, 0.25) is 0 Å². The van der Waals surface area contributed by atoms with E-state index < -0.39 is 12.0 Å². The molecule has 0 saturated carbocycles. The van der Waals surface area contributed by atoms with Crippen LogP contribution in [0.2, 0.25) is 0 Å². The first-order valence-electron chi connectivity index (χ1n) is 4.65. The number of aryl methyl sites for hydroxylation is 1. The van der Waals surface area contributed by atoms with E-state index in [4.69, 9.17) is 10.8 Å². The third kappa shape index (κ3) is 1.71. The number of carboxylic acids is 1. The molecule has 0 radical (unpaired) electrons. The predicted molar refractivity (Wildman–Crippen MR) is 57.6 cm³/mol. The molecule has 0 fully saturated rings. The summed E-state index contributed by atoms with van der Waals surface area (Å²) < 4.78 is 0. The third-order valence-corrected chi connectivity index (χ3v) is 2.40. The van der Waals surface area contributed by atoms with Crippen LogP contribution in [-0.4, -0.2) is 16.1 Å². The Hall–Kier alpha value is -1.81. The van der Waals surface area contributed by atoms with E-state index >= 15 is 0 Å². The van der Waals surface area contributed by atoms with Crippen LogP contribution in [0.3, 0.4) is 0 Å². The molecule has 2 aromatic rings. The average Bonchev–Trinajstić information content (AvgIpc) is 2.58. The summed E-state index contributed by atoms with van der Waals surface area (Å²) in [6, 6.07) is 6.67. The highest BCUT2D eigenvalue weighted by Crippen LogP contribution is 2.20. The summed E-state index contributed by atoms with van der Waals surface area (Å²) in [5.41, 5.74) is 8.09. The number of hydrogen-bond acceptors (Lipinski definition) is 2. The Morgan fingerprint density at radius 2 is 2.20 bits per heavy atom. The van der Waals surface area contributed by atoms with Gasteiger partial charge in [-0.05, 0) is 30.5 Å². The highest BCUT2D eigenvalue weighted by molar-refractivity contribution is 5.84. The highest BCUT2D eigenvalue weighted by Gasteiger charge is 2.16. The maximum Gasteiger partial charge on any atom is 0.326 e. The number of carboxylic acid groups (broad SMARTS) is 1. The lowest BCUT2D eigenvalue weighted by Gasteiger charge is -2.01. The smallest absolute Gasteiger partial charge is 0.326 e. The number of aliphatic carboxylic acids is 1. The molecule has 0 spiro atoms. The monoisotopic (exact) mass is 204 g/mol. The first-order valence-corrected chi connectivity index (χ1v) is 4.65. The Morgan fingerprint density at radius 1 is 1.47 bits per heavy atom. The second kappa shape index (κ2) is 3.40. The van der Waals surface area contributed by atoms with Crippen LogP contribution in [-0.2, 0) is 4.79 Å². The summed E-state index contributed by atoms with van der Waals surface area (Å²) >= 11 is 0. The highest BCUT2D eigenvalue weighted by atomic mass is 16.4. The molecule has 4 N–H and O–H groups in total. The summed E-state index contributed by atoms with van der Waals surface area (Å²) in [7, 11) is 0. The molecule has 0 saturated heterocycles. The van der Waals surface area contributed by atoms with Gasteiger partial charge in [0, 0.05) is 11.2 Å². The zero-order chi connectivity index (χ0) is 11.0. The van der Waals surface area contributed by atoms with Gasteiger partial charge >= 0.3 is 5.97 Å². The number of nitrogens with two attached hydrogens (primary N) is 1. The topological polar surface area (TPSA) is 79.1 Å². The van der Waals surface area contributed by atoms with Crippen molar-refractivity contribution in [1.29, 1.82) is 0 Å². The fourth-order valence-corrected chi connectivity index (χ4v) is 1.58. The summed E-state index contributed by atoms with van der Waals surface area (Å²) in [5, 5.41) is 9.76. The van der Waals surface area contributed by atoms with E-state index in [0.29, 0.717) is 5.69 Å². The second-order valence-electron chi connectivity index (χ2n) is 3.63. The molecular weight excluding hydrogens is 192 g/mol. The zero-order valence-electron chi connectivity index (χ0n) is 8.32. The normalized spacial score (nSPS) is 12.9. The van der Waals surface area contributed by atoms with Crippen molar-refractivity contribution in [3.8, 4) is 0 Å². The molecule has 4 nitrogen and oxygen atoms in total. The number of rotatable bonds is 2. The Balaban J connectivity index is 2.51. The van der Waals surface area contributed by atoms with Gasteiger partial charge in [0.15, 0.2) is 0 Å². The first kappa shape index (κ1) is 9.73. The number of aromatic nitrogens is 1. The fourth-order valence-electron chi connectivity index (χ4n) is 1.58. The van der Waals surface area contributed by atoms with Crippen molar-refractivity contribution in [3.63, 3.8) is 0 Å². The molecule has 78 valence electrons. The molecule has 1 unspecified atom stereocenters. The second-order valence-corrected chi connectivity index (χ2v) is 3.63. The maximum absolute atomic E-state index is 10.7. The molecule has 0 aliphatic heterocycles. The zero-order valence-corrected chi connectivity index (χ0v) is 8.32. The van der Waals surface area contributed by atoms with Crippen LogP contribution in [0.5, 0.6) is 0 Å². The fraction of sp³-hybridized carbons (Fsp3) is 0.182. The van der Waals surface area contributed by atoms with Crippen LogP contribution >= 0.6 is 0 Å². The lowest BCUT2D eigenvalue weighted by atomic mass is 10.1. The van der Waals surface area contributed by atoms with Gasteiger partial charge < -0.3 is 15.8 Å². The molecular formula is C11H12N2O2. The van der Waals surface area contributed by atoms with Crippen LogP contribution < -0.4 is 5.73 Å². The Morgan fingerprint density at radius 3 is 2.87 bits per heavy atom. The minimum Gasteiger partial charge on any atom is -0.480 e. The first-order chi connectivity index (χ1) is 7.08. The Bertz CT molecular complexity index is 516. The van der Waals surface area contributed by atoms with Crippen molar-refractivity contribution >= 4 is 16.9 Å². The number of nitrogens with one attached hydrogen (secondary N) is 1. The summed E-state index contributed by atoms with van der Waals surface area (Å²) in [4.78, 5) is 13.7. The quantitative estimate of drug-likeness (QED) is 0.694. The number of benzene rings is 1. The minimum absolute atomic E-state index is 0.531. The van der Waals surface area contributed by atoms with E-state index in [9.17, 15) is 4.79 Å². The largest absolute Gasteiger partial charge is 0.480 e. The average molecular weight is 204 g/mol. The van der Waals surface area contributed by atoms with Crippen molar-refractivity contribution in [2.45, 2.75) is 13.0 Å². The van der Waals surface area contributed by atoms with Crippen molar-refractivity contribution in [2.24, 2.45) is 5.73 Å². The maximum atomic E-state index is 10.7. The number of carbonyl (C=O) groups is 1. The molecule has 0 amide bonds. The number of H-pyrrole nitrogens is 1. The molecule has 1 heterocycles. The minimum atomic E-state index is -1.03. The van der Waals surface area contributed by atoms with E-state index in [2.05, 4.69) is 4.98 Å². The van der Waals surface area contributed by atoms with Crippen LogP contribution in [0.15, 0.2) is 24.3 Å². The van der Waals surface area contributed by atoms with Gasteiger partial charge in [0.25, 0.3) is 0 Å². The van der Waals surface area contributed by atoms with E-state index in [1.165, 1.54) is 0 Å². The van der Waals surface area contributed by atoms with E-state index in [1.54, 1.807) is 6.07 Å². The molecule has 0 bridgehead atoms. The van der Waals surface area contributed by atoms with Gasteiger partial charge in [-0.1, -0.05) is 11.6 Å². The summed E-state index contributed by atoms with van der Waals surface area (Å²) in [6.07, 6.45) is 0. The van der Waals surface area contributed by atoms with Gasteiger partial charge in [-0.15, -0.1) is 0 Å². The SMILES string of the molecule is Cc1ccc2[nH]c(C(N)C(=O)O)cc2c1. The van der Waals surface area contributed by atoms with E-state index in [0.717, 1.165) is 16.5 Å².